The van der Waals surface area contributed by atoms with Gasteiger partial charge in [0.1, 0.15) is 0 Å². The van der Waals surface area contributed by atoms with Crippen LogP contribution in [0.25, 0.3) is 0 Å². The molecule has 1 aromatic carbocycles. The van der Waals surface area contributed by atoms with Crippen molar-refractivity contribution in [1.82, 2.24) is 5.32 Å². The third kappa shape index (κ3) is 3.31. The summed E-state index contributed by atoms with van der Waals surface area (Å²) in [4.78, 5) is 23.5. The molecule has 0 radical (unpaired) electrons. The lowest BCUT2D eigenvalue weighted by atomic mass is 9.95. The molecule has 1 amide bonds. The van der Waals surface area contributed by atoms with Crippen molar-refractivity contribution < 1.29 is 14.3 Å². The number of benzene rings is 1. The average Bonchev–Trinajstić information content (AvgIpc) is 3.21. The monoisotopic (exact) mass is 295 g/mol. The van der Waals surface area contributed by atoms with Gasteiger partial charge in [0.15, 0.2) is 0 Å². The Balaban J connectivity index is 1.89. The maximum absolute atomic E-state index is 12.3. The molecule has 0 heterocycles. The molecule has 1 aliphatic rings. The standard InChI is InChI=1S/C15H18ClNO3/c1-2-20-13(18)7-10-17-14(19)15(8-9-15)11-3-5-12(16)6-4-11/h3-6H,2,7-10H2,1H3,(H,17,19). The molecule has 1 aliphatic carbocycles. The van der Waals surface area contributed by atoms with E-state index >= 15 is 0 Å². The molecular formula is C15H18ClNO3. The lowest BCUT2D eigenvalue weighted by molar-refractivity contribution is -0.143. The summed E-state index contributed by atoms with van der Waals surface area (Å²) in [5, 5.41) is 3.47. The lowest BCUT2D eigenvalue weighted by Gasteiger charge is -2.15. The Morgan fingerprint density at radius 1 is 1.30 bits per heavy atom. The number of hydrogen-bond donors (Lipinski definition) is 1. The number of ether oxygens (including phenoxy) is 1. The zero-order chi connectivity index (χ0) is 14.6. The zero-order valence-corrected chi connectivity index (χ0v) is 12.2. The fraction of sp³-hybridized carbons (Fsp3) is 0.467. The third-order valence-electron chi connectivity index (χ3n) is 3.50. The highest BCUT2D eigenvalue weighted by molar-refractivity contribution is 6.30. The van der Waals surface area contributed by atoms with E-state index in [4.69, 9.17) is 16.3 Å². The van der Waals surface area contributed by atoms with E-state index < -0.39 is 5.41 Å². The molecule has 108 valence electrons. The number of rotatable bonds is 6. The van der Waals surface area contributed by atoms with Gasteiger partial charge in [-0.1, -0.05) is 23.7 Å². The van der Waals surface area contributed by atoms with E-state index in [1.165, 1.54) is 0 Å². The number of hydrogen-bond acceptors (Lipinski definition) is 3. The van der Waals surface area contributed by atoms with E-state index in [1.54, 1.807) is 19.1 Å². The van der Waals surface area contributed by atoms with E-state index in [2.05, 4.69) is 5.32 Å². The van der Waals surface area contributed by atoms with E-state index in [-0.39, 0.29) is 18.3 Å². The highest BCUT2D eigenvalue weighted by Gasteiger charge is 2.50. The molecule has 0 atom stereocenters. The average molecular weight is 296 g/mol. The molecular weight excluding hydrogens is 278 g/mol. The first kappa shape index (κ1) is 14.9. The highest BCUT2D eigenvalue weighted by Crippen LogP contribution is 2.48. The maximum atomic E-state index is 12.3. The highest BCUT2D eigenvalue weighted by atomic mass is 35.5. The number of amides is 1. The molecule has 0 saturated heterocycles. The van der Waals surface area contributed by atoms with Gasteiger partial charge in [-0.2, -0.15) is 0 Å². The fourth-order valence-corrected chi connectivity index (χ4v) is 2.35. The van der Waals surface area contributed by atoms with Crippen molar-refractivity contribution in [3.63, 3.8) is 0 Å². The largest absolute Gasteiger partial charge is 0.466 e. The van der Waals surface area contributed by atoms with Gasteiger partial charge in [-0.3, -0.25) is 9.59 Å². The molecule has 0 spiro atoms. The van der Waals surface area contributed by atoms with Gasteiger partial charge in [-0.15, -0.1) is 0 Å². The number of esters is 1. The second-order valence-electron chi connectivity index (χ2n) is 4.90. The zero-order valence-electron chi connectivity index (χ0n) is 11.4. The summed E-state index contributed by atoms with van der Waals surface area (Å²) in [7, 11) is 0. The molecule has 1 aromatic rings. The first-order valence-electron chi connectivity index (χ1n) is 6.78. The molecule has 1 saturated carbocycles. The van der Waals surface area contributed by atoms with Gasteiger partial charge in [0.25, 0.3) is 0 Å². The maximum Gasteiger partial charge on any atom is 0.307 e. The normalized spacial score (nSPS) is 15.5. The molecule has 1 fully saturated rings. The van der Waals surface area contributed by atoms with Crippen molar-refractivity contribution in [3.05, 3.63) is 34.9 Å². The van der Waals surface area contributed by atoms with Crippen LogP contribution in [-0.4, -0.2) is 25.0 Å². The van der Waals surface area contributed by atoms with Crippen molar-refractivity contribution >= 4 is 23.5 Å². The molecule has 0 bridgehead atoms. The first-order chi connectivity index (χ1) is 9.58. The summed E-state index contributed by atoms with van der Waals surface area (Å²) in [5.41, 5.74) is 0.551. The fourth-order valence-electron chi connectivity index (χ4n) is 2.22. The van der Waals surface area contributed by atoms with Gasteiger partial charge in [-0.05, 0) is 37.5 Å². The van der Waals surface area contributed by atoms with E-state index in [0.717, 1.165) is 18.4 Å². The molecule has 0 aromatic heterocycles. The predicted molar refractivity (Wildman–Crippen MR) is 76.6 cm³/mol. The van der Waals surface area contributed by atoms with Crippen LogP contribution in [0.3, 0.4) is 0 Å². The van der Waals surface area contributed by atoms with Gasteiger partial charge in [0.2, 0.25) is 5.91 Å². The molecule has 0 unspecified atom stereocenters. The van der Waals surface area contributed by atoms with Crippen molar-refractivity contribution in [2.75, 3.05) is 13.2 Å². The Labute approximate surface area is 123 Å². The Kier molecular flexibility index (Phi) is 4.65. The Hall–Kier alpha value is -1.55. The smallest absolute Gasteiger partial charge is 0.307 e. The first-order valence-corrected chi connectivity index (χ1v) is 7.16. The van der Waals surface area contributed by atoms with Crippen LogP contribution in [0.15, 0.2) is 24.3 Å². The summed E-state index contributed by atoms with van der Waals surface area (Å²) in [6, 6.07) is 7.37. The second kappa shape index (κ2) is 6.27. The second-order valence-corrected chi connectivity index (χ2v) is 5.34. The van der Waals surface area contributed by atoms with Gasteiger partial charge in [-0.25, -0.2) is 0 Å². The van der Waals surface area contributed by atoms with Gasteiger partial charge in [0, 0.05) is 11.6 Å². The molecule has 5 heteroatoms. The Bertz CT molecular complexity index is 494. The minimum absolute atomic E-state index is 0.0240. The molecule has 1 N–H and O–H groups in total. The van der Waals surface area contributed by atoms with Crippen LogP contribution in [0.4, 0.5) is 0 Å². The van der Waals surface area contributed by atoms with Crippen LogP contribution >= 0.6 is 11.6 Å². The minimum atomic E-state index is -0.431. The number of nitrogens with one attached hydrogen (secondary N) is 1. The summed E-state index contributed by atoms with van der Waals surface area (Å²) in [6.07, 6.45) is 1.87. The van der Waals surface area contributed by atoms with Crippen LogP contribution in [0.1, 0.15) is 31.7 Å². The van der Waals surface area contributed by atoms with Gasteiger partial charge in [0.05, 0.1) is 18.4 Å². The summed E-state index contributed by atoms with van der Waals surface area (Å²) < 4.78 is 4.82. The summed E-state index contributed by atoms with van der Waals surface area (Å²) in [5.74, 6) is -0.312. The van der Waals surface area contributed by atoms with Crippen molar-refractivity contribution in [2.45, 2.75) is 31.6 Å². The number of carbonyl (C=O) groups is 2. The summed E-state index contributed by atoms with van der Waals surface area (Å²) >= 11 is 5.86. The Morgan fingerprint density at radius 3 is 2.50 bits per heavy atom. The van der Waals surface area contributed by atoms with Gasteiger partial charge >= 0.3 is 5.97 Å². The topological polar surface area (TPSA) is 55.4 Å². The molecule has 20 heavy (non-hydrogen) atoms. The van der Waals surface area contributed by atoms with E-state index in [1.807, 2.05) is 12.1 Å². The van der Waals surface area contributed by atoms with Crippen LogP contribution in [0.5, 0.6) is 0 Å². The summed E-state index contributed by atoms with van der Waals surface area (Å²) in [6.45, 7) is 2.44. The molecule has 4 nitrogen and oxygen atoms in total. The van der Waals surface area contributed by atoms with Crippen LogP contribution in [-0.2, 0) is 19.7 Å². The quantitative estimate of drug-likeness (QED) is 0.820. The number of halogens is 1. The molecule has 0 aliphatic heterocycles. The third-order valence-corrected chi connectivity index (χ3v) is 3.75. The van der Waals surface area contributed by atoms with Crippen LogP contribution in [0.2, 0.25) is 5.02 Å². The van der Waals surface area contributed by atoms with Crippen LogP contribution < -0.4 is 5.32 Å². The lowest BCUT2D eigenvalue weighted by Crippen LogP contribution is -2.36. The SMILES string of the molecule is CCOC(=O)CCNC(=O)C1(c2ccc(Cl)cc2)CC1. The molecule has 2 rings (SSSR count). The van der Waals surface area contributed by atoms with E-state index in [9.17, 15) is 9.59 Å². The number of carbonyl (C=O) groups excluding carboxylic acids is 2. The van der Waals surface area contributed by atoms with Crippen molar-refractivity contribution in [3.8, 4) is 0 Å². The predicted octanol–water partition coefficient (Wildman–Crippen LogP) is 2.44. The van der Waals surface area contributed by atoms with Crippen LogP contribution in [0, 0.1) is 0 Å². The Morgan fingerprint density at radius 2 is 1.95 bits per heavy atom. The minimum Gasteiger partial charge on any atom is -0.466 e. The van der Waals surface area contributed by atoms with E-state index in [0.29, 0.717) is 18.2 Å². The van der Waals surface area contributed by atoms with Crippen molar-refractivity contribution in [2.24, 2.45) is 0 Å². The van der Waals surface area contributed by atoms with Crippen molar-refractivity contribution in [1.29, 1.82) is 0 Å². The van der Waals surface area contributed by atoms with Gasteiger partial charge < -0.3 is 10.1 Å².